The molecule has 27 heavy (non-hydrogen) atoms. The molecule has 0 aliphatic carbocycles. The van der Waals surface area contributed by atoms with E-state index in [4.69, 9.17) is 30.5 Å². The lowest BCUT2D eigenvalue weighted by Gasteiger charge is -2.20. The molecular weight excluding hydrogens is 370 g/mol. The number of nitrogens with one attached hydrogen (secondary N) is 2. The highest BCUT2D eigenvalue weighted by Crippen LogP contribution is 2.38. The van der Waals surface area contributed by atoms with Crippen LogP contribution in [0.1, 0.15) is 18.4 Å². The zero-order valence-corrected chi connectivity index (χ0v) is 16.5. The number of hydrogen-bond donors (Lipinski definition) is 2. The summed E-state index contributed by atoms with van der Waals surface area (Å²) >= 11 is 6.28. The van der Waals surface area contributed by atoms with Gasteiger partial charge < -0.3 is 29.6 Å². The van der Waals surface area contributed by atoms with E-state index in [0.29, 0.717) is 42.2 Å². The standard InChI is InChI=1S/C19H28ClN3O4/c1-21-19(22-4-2-5-24-12-14-3-6-25-13-14)23-11-15-9-16(20)18-17(10-15)26-7-8-27-18/h9-10,14H,2-8,11-13H2,1H3,(H2,21,22,23). The van der Waals surface area contributed by atoms with E-state index in [1.807, 2.05) is 12.1 Å². The van der Waals surface area contributed by atoms with Gasteiger partial charge in [-0.1, -0.05) is 11.6 Å². The normalized spacial score (nSPS) is 19.2. The Morgan fingerprint density at radius 1 is 1.26 bits per heavy atom. The van der Waals surface area contributed by atoms with Crippen LogP contribution in [0.5, 0.6) is 11.5 Å². The Morgan fingerprint density at radius 2 is 2.15 bits per heavy atom. The minimum absolute atomic E-state index is 0.527. The summed E-state index contributed by atoms with van der Waals surface area (Å²) in [5.74, 6) is 2.62. The summed E-state index contributed by atoms with van der Waals surface area (Å²) in [5.41, 5.74) is 1.01. The van der Waals surface area contributed by atoms with Crippen molar-refractivity contribution in [3.8, 4) is 11.5 Å². The van der Waals surface area contributed by atoms with Gasteiger partial charge in [-0.3, -0.25) is 4.99 Å². The maximum Gasteiger partial charge on any atom is 0.191 e. The van der Waals surface area contributed by atoms with Crippen LogP contribution in [-0.2, 0) is 16.0 Å². The van der Waals surface area contributed by atoms with Gasteiger partial charge in [0, 0.05) is 39.3 Å². The number of fused-ring (bicyclic) bond motifs is 1. The minimum atomic E-state index is 0.527. The molecule has 1 unspecified atom stereocenters. The zero-order chi connectivity index (χ0) is 18.9. The number of hydrogen-bond acceptors (Lipinski definition) is 5. The van der Waals surface area contributed by atoms with Gasteiger partial charge in [-0.2, -0.15) is 0 Å². The first-order valence-electron chi connectivity index (χ1n) is 9.44. The molecule has 7 nitrogen and oxygen atoms in total. The molecule has 2 heterocycles. The van der Waals surface area contributed by atoms with E-state index in [1.54, 1.807) is 7.05 Å². The summed E-state index contributed by atoms with van der Waals surface area (Å²) in [6.45, 7) is 5.68. The largest absolute Gasteiger partial charge is 0.486 e. The third-order valence-electron chi connectivity index (χ3n) is 4.48. The molecule has 1 atom stereocenters. The van der Waals surface area contributed by atoms with Crippen molar-refractivity contribution in [1.29, 1.82) is 0 Å². The predicted octanol–water partition coefficient (Wildman–Crippen LogP) is 2.22. The highest BCUT2D eigenvalue weighted by atomic mass is 35.5. The molecule has 1 aromatic rings. The summed E-state index contributed by atoms with van der Waals surface area (Å²) in [6, 6.07) is 3.83. The number of benzene rings is 1. The van der Waals surface area contributed by atoms with Crippen LogP contribution < -0.4 is 20.1 Å². The van der Waals surface area contributed by atoms with Crippen LogP contribution in [0.15, 0.2) is 17.1 Å². The summed E-state index contributed by atoms with van der Waals surface area (Å²) in [5, 5.41) is 7.14. The fourth-order valence-corrected chi connectivity index (χ4v) is 3.31. The summed E-state index contributed by atoms with van der Waals surface area (Å²) in [6.07, 6.45) is 2.03. The molecule has 150 valence electrons. The molecule has 0 bridgehead atoms. The Hall–Kier alpha value is -1.70. The minimum Gasteiger partial charge on any atom is -0.486 e. The van der Waals surface area contributed by atoms with E-state index < -0.39 is 0 Å². The Labute approximate surface area is 165 Å². The molecule has 8 heteroatoms. The monoisotopic (exact) mass is 397 g/mol. The molecular formula is C19H28ClN3O4. The average molecular weight is 398 g/mol. The Bertz CT molecular complexity index is 636. The molecule has 3 rings (SSSR count). The third-order valence-corrected chi connectivity index (χ3v) is 4.76. The first-order chi connectivity index (χ1) is 13.3. The van der Waals surface area contributed by atoms with Gasteiger partial charge in [-0.05, 0) is 30.5 Å². The van der Waals surface area contributed by atoms with Crippen LogP contribution in [0.25, 0.3) is 0 Å². The second kappa shape index (κ2) is 10.6. The lowest BCUT2D eigenvalue weighted by atomic mass is 10.1. The van der Waals surface area contributed by atoms with Gasteiger partial charge in [0.05, 0.1) is 18.2 Å². The van der Waals surface area contributed by atoms with E-state index in [0.717, 1.165) is 57.3 Å². The van der Waals surface area contributed by atoms with E-state index >= 15 is 0 Å². The van der Waals surface area contributed by atoms with Gasteiger partial charge in [-0.25, -0.2) is 0 Å². The lowest BCUT2D eigenvalue weighted by Crippen LogP contribution is -2.37. The first kappa shape index (κ1) is 20.0. The highest BCUT2D eigenvalue weighted by Gasteiger charge is 2.17. The van der Waals surface area contributed by atoms with Crippen molar-refractivity contribution in [3.63, 3.8) is 0 Å². The molecule has 0 saturated carbocycles. The first-order valence-corrected chi connectivity index (χ1v) is 9.82. The summed E-state index contributed by atoms with van der Waals surface area (Å²) < 4.78 is 22.2. The lowest BCUT2D eigenvalue weighted by molar-refractivity contribution is 0.0888. The van der Waals surface area contributed by atoms with Crippen molar-refractivity contribution in [3.05, 3.63) is 22.7 Å². The molecule has 1 saturated heterocycles. The fourth-order valence-electron chi connectivity index (χ4n) is 3.02. The van der Waals surface area contributed by atoms with Gasteiger partial charge in [0.2, 0.25) is 0 Å². The number of aliphatic imine (C=N–C) groups is 1. The molecule has 0 radical (unpaired) electrons. The van der Waals surface area contributed by atoms with E-state index in [9.17, 15) is 0 Å². The maximum absolute atomic E-state index is 6.28. The summed E-state index contributed by atoms with van der Waals surface area (Å²) in [4.78, 5) is 4.24. The van der Waals surface area contributed by atoms with E-state index in [2.05, 4.69) is 15.6 Å². The molecule has 0 aromatic heterocycles. The van der Waals surface area contributed by atoms with Crippen molar-refractivity contribution >= 4 is 17.6 Å². The smallest absolute Gasteiger partial charge is 0.191 e. The van der Waals surface area contributed by atoms with Gasteiger partial charge in [-0.15, -0.1) is 0 Å². The number of guanidine groups is 1. The van der Waals surface area contributed by atoms with Crippen molar-refractivity contribution in [2.75, 3.05) is 53.2 Å². The van der Waals surface area contributed by atoms with E-state index in [1.165, 1.54) is 0 Å². The topological polar surface area (TPSA) is 73.3 Å². The quantitative estimate of drug-likeness (QED) is 0.398. The van der Waals surface area contributed by atoms with Crippen molar-refractivity contribution in [2.24, 2.45) is 10.9 Å². The van der Waals surface area contributed by atoms with Crippen molar-refractivity contribution < 1.29 is 18.9 Å². The third kappa shape index (κ3) is 6.16. The molecule has 0 spiro atoms. The predicted molar refractivity (Wildman–Crippen MR) is 105 cm³/mol. The number of nitrogens with zero attached hydrogens (tertiary/aromatic N) is 1. The Kier molecular flexibility index (Phi) is 7.86. The summed E-state index contributed by atoms with van der Waals surface area (Å²) in [7, 11) is 1.75. The molecule has 2 N–H and O–H groups in total. The van der Waals surface area contributed by atoms with E-state index in [-0.39, 0.29) is 0 Å². The number of rotatable bonds is 8. The van der Waals surface area contributed by atoms with Crippen LogP contribution in [0.3, 0.4) is 0 Å². The number of ether oxygens (including phenoxy) is 4. The van der Waals surface area contributed by atoms with Gasteiger partial charge >= 0.3 is 0 Å². The fraction of sp³-hybridized carbons (Fsp3) is 0.632. The molecule has 1 fully saturated rings. The van der Waals surface area contributed by atoms with Gasteiger partial charge in [0.15, 0.2) is 17.5 Å². The highest BCUT2D eigenvalue weighted by molar-refractivity contribution is 6.32. The van der Waals surface area contributed by atoms with Crippen LogP contribution in [-0.4, -0.2) is 59.2 Å². The number of halogens is 1. The maximum atomic E-state index is 6.28. The SMILES string of the molecule is CN=C(NCCCOCC1CCOC1)NCc1cc(Cl)c2c(c1)OCCO2. The Morgan fingerprint density at radius 3 is 2.96 bits per heavy atom. The molecule has 2 aliphatic heterocycles. The second-order valence-electron chi connectivity index (χ2n) is 6.61. The molecule has 0 amide bonds. The van der Waals surface area contributed by atoms with Crippen LogP contribution >= 0.6 is 11.6 Å². The van der Waals surface area contributed by atoms with Crippen LogP contribution in [0.2, 0.25) is 5.02 Å². The average Bonchev–Trinajstić information content (AvgIpc) is 3.20. The molecule has 1 aromatic carbocycles. The van der Waals surface area contributed by atoms with Crippen molar-refractivity contribution in [2.45, 2.75) is 19.4 Å². The van der Waals surface area contributed by atoms with Gasteiger partial charge in [0.1, 0.15) is 13.2 Å². The Balaban J connectivity index is 1.34. The zero-order valence-electron chi connectivity index (χ0n) is 15.8. The van der Waals surface area contributed by atoms with Crippen molar-refractivity contribution in [1.82, 2.24) is 10.6 Å². The molecule has 2 aliphatic rings. The van der Waals surface area contributed by atoms with Crippen LogP contribution in [0, 0.1) is 5.92 Å². The second-order valence-corrected chi connectivity index (χ2v) is 7.02. The van der Waals surface area contributed by atoms with Gasteiger partial charge in [0.25, 0.3) is 0 Å². The van der Waals surface area contributed by atoms with Crippen LogP contribution in [0.4, 0.5) is 0 Å².